The first-order chi connectivity index (χ1) is 15.1. The number of methoxy groups -OCH3 is 1. The van der Waals surface area contributed by atoms with Gasteiger partial charge in [-0.2, -0.15) is 0 Å². The predicted molar refractivity (Wildman–Crippen MR) is 115 cm³/mol. The van der Waals surface area contributed by atoms with Gasteiger partial charge in [0.15, 0.2) is 0 Å². The molecule has 0 saturated carbocycles. The summed E-state index contributed by atoms with van der Waals surface area (Å²) in [6.45, 7) is 0.726. The number of nitrogens with one attached hydrogen (secondary N) is 1. The highest BCUT2D eigenvalue weighted by Crippen LogP contribution is 2.33. The Morgan fingerprint density at radius 1 is 1.06 bits per heavy atom. The zero-order valence-corrected chi connectivity index (χ0v) is 17.2. The van der Waals surface area contributed by atoms with Crippen LogP contribution in [0.1, 0.15) is 39.5 Å². The van der Waals surface area contributed by atoms with Gasteiger partial charge in [-0.15, -0.1) is 0 Å². The third-order valence-electron chi connectivity index (χ3n) is 5.53. The summed E-state index contributed by atoms with van der Waals surface area (Å²) in [6.07, 6.45) is 0.0700. The molecule has 1 aliphatic heterocycles. The van der Waals surface area contributed by atoms with Gasteiger partial charge in [-0.1, -0.05) is 48.5 Å². The highest BCUT2D eigenvalue weighted by Gasteiger charge is 2.34. The molecule has 1 N–H and O–H groups in total. The third-order valence-corrected chi connectivity index (χ3v) is 5.53. The number of hydrogen-bond acceptors (Lipinski definition) is 3. The molecule has 31 heavy (non-hydrogen) atoms. The van der Waals surface area contributed by atoms with E-state index in [4.69, 9.17) is 4.74 Å². The van der Waals surface area contributed by atoms with Crippen LogP contribution >= 0.6 is 0 Å². The first kappa shape index (κ1) is 20.6. The number of nitrogens with zero attached hydrogens (tertiary/aromatic N) is 1. The molecule has 3 aromatic carbocycles. The molecule has 4 rings (SSSR count). The summed E-state index contributed by atoms with van der Waals surface area (Å²) in [5.74, 6) is 0.00801. The summed E-state index contributed by atoms with van der Waals surface area (Å²) < 4.78 is 18.8. The fourth-order valence-electron chi connectivity index (χ4n) is 3.91. The van der Waals surface area contributed by atoms with E-state index in [9.17, 15) is 14.0 Å². The molecule has 1 heterocycles. The lowest BCUT2D eigenvalue weighted by Crippen LogP contribution is -2.34. The van der Waals surface area contributed by atoms with Crippen LogP contribution in [0.25, 0.3) is 0 Å². The Balaban J connectivity index is 1.53. The van der Waals surface area contributed by atoms with Crippen molar-refractivity contribution in [3.8, 4) is 5.75 Å². The Morgan fingerprint density at radius 2 is 1.77 bits per heavy atom. The van der Waals surface area contributed by atoms with Crippen molar-refractivity contribution >= 4 is 11.8 Å². The summed E-state index contributed by atoms with van der Waals surface area (Å²) in [4.78, 5) is 27.5. The normalized spacial score (nSPS) is 13.6. The van der Waals surface area contributed by atoms with Crippen LogP contribution < -0.4 is 10.1 Å². The quantitative estimate of drug-likeness (QED) is 0.625. The van der Waals surface area contributed by atoms with E-state index in [2.05, 4.69) is 5.32 Å². The Kier molecular flexibility index (Phi) is 5.98. The SMILES string of the molecule is COc1ccccc1CNC(=O)C[C@H](c1ccc(F)cc1)N1Cc2ccccc2C1=O. The average Bonchev–Trinajstić information content (AvgIpc) is 3.13. The van der Waals surface area contributed by atoms with E-state index in [1.54, 1.807) is 30.2 Å². The molecule has 0 saturated heterocycles. The molecule has 6 heteroatoms. The van der Waals surface area contributed by atoms with Gasteiger partial charge in [-0.25, -0.2) is 4.39 Å². The van der Waals surface area contributed by atoms with Gasteiger partial charge in [0.05, 0.1) is 19.6 Å². The molecule has 3 aromatic rings. The van der Waals surface area contributed by atoms with Crippen LogP contribution in [0.2, 0.25) is 0 Å². The van der Waals surface area contributed by atoms with Gasteiger partial charge in [0.2, 0.25) is 5.91 Å². The van der Waals surface area contributed by atoms with E-state index in [1.165, 1.54) is 12.1 Å². The number of halogens is 1. The number of rotatable bonds is 7. The predicted octanol–water partition coefficient (Wildman–Crippen LogP) is 4.24. The van der Waals surface area contributed by atoms with Crippen LogP contribution in [0.15, 0.2) is 72.8 Å². The number of fused-ring (bicyclic) bond motifs is 1. The summed E-state index contributed by atoms with van der Waals surface area (Å²) in [6, 6.07) is 20.3. The van der Waals surface area contributed by atoms with E-state index >= 15 is 0 Å². The first-order valence-corrected chi connectivity index (χ1v) is 10.1. The first-order valence-electron chi connectivity index (χ1n) is 10.1. The van der Waals surface area contributed by atoms with Gasteiger partial charge in [-0.3, -0.25) is 9.59 Å². The molecular weight excluding hydrogens is 395 g/mol. The van der Waals surface area contributed by atoms with Crippen molar-refractivity contribution in [2.24, 2.45) is 0 Å². The molecule has 1 aliphatic rings. The summed E-state index contributed by atoms with van der Waals surface area (Å²) in [5.41, 5.74) is 3.15. The van der Waals surface area contributed by atoms with Crippen LogP contribution in [-0.2, 0) is 17.9 Å². The summed E-state index contributed by atoms with van der Waals surface area (Å²) in [5, 5.41) is 2.91. The molecule has 0 aromatic heterocycles. The third kappa shape index (κ3) is 4.43. The maximum Gasteiger partial charge on any atom is 0.255 e. The standard InChI is InChI=1S/C25H23FN2O3/c1-31-23-9-5-3-6-18(23)15-27-24(29)14-22(17-10-12-20(26)13-11-17)28-16-19-7-2-4-8-21(19)25(28)30/h2-13,22H,14-16H2,1H3,(H,27,29)/t22-/m1/s1. The molecule has 0 spiro atoms. The van der Waals surface area contributed by atoms with Crippen molar-refractivity contribution in [1.82, 2.24) is 10.2 Å². The van der Waals surface area contributed by atoms with E-state index < -0.39 is 6.04 Å². The Bertz CT molecular complexity index is 1100. The van der Waals surface area contributed by atoms with E-state index in [-0.39, 0.29) is 24.1 Å². The number of carbonyl (C=O) groups is 2. The van der Waals surface area contributed by atoms with E-state index in [0.717, 1.165) is 16.7 Å². The number of benzene rings is 3. The molecular formula is C25H23FN2O3. The zero-order valence-electron chi connectivity index (χ0n) is 17.2. The van der Waals surface area contributed by atoms with Crippen LogP contribution in [0.4, 0.5) is 4.39 Å². The van der Waals surface area contributed by atoms with Gasteiger partial charge in [0.1, 0.15) is 11.6 Å². The molecule has 0 unspecified atom stereocenters. The van der Waals surface area contributed by atoms with Crippen molar-refractivity contribution in [2.45, 2.75) is 25.6 Å². The van der Waals surface area contributed by atoms with Gasteiger partial charge in [0, 0.05) is 24.2 Å². The Hall–Kier alpha value is -3.67. The van der Waals surface area contributed by atoms with Crippen molar-refractivity contribution in [3.63, 3.8) is 0 Å². The van der Waals surface area contributed by atoms with Crippen LogP contribution in [-0.4, -0.2) is 23.8 Å². The highest BCUT2D eigenvalue weighted by atomic mass is 19.1. The minimum Gasteiger partial charge on any atom is -0.496 e. The van der Waals surface area contributed by atoms with Crippen molar-refractivity contribution < 1.29 is 18.7 Å². The summed E-state index contributed by atoms with van der Waals surface area (Å²) >= 11 is 0. The van der Waals surface area contributed by atoms with Crippen LogP contribution in [0, 0.1) is 5.82 Å². The monoisotopic (exact) mass is 418 g/mol. The van der Waals surface area contributed by atoms with Crippen LogP contribution in [0.3, 0.4) is 0 Å². The number of para-hydroxylation sites is 1. The van der Waals surface area contributed by atoms with Crippen molar-refractivity contribution in [1.29, 1.82) is 0 Å². The largest absolute Gasteiger partial charge is 0.496 e. The number of hydrogen-bond donors (Lipinski definition) is 1. The lowest BCUT2D eigenvalue weighted by Gasteiger charge is -2.28. The number of carbonyl (C=O) groups excluding carboxylic acids is 2. The van der Waals surface area contributed by atoms with Gasteiger partial charge < -0.3 is 15.0 Å². The molecule has 1 atom stereocenters. The van der Waals surface area contributed by atoms with Gasteiger partial charge in [-0.05, 0) is 35.4 Å². The topological polar surface area (TPSA) is 58.6 Å². The summed E-state index contributed by atoms with van der Waals surface area (Å²) in [7, 11) is 1.59. The van der Waals surface area contributed by atoms with Crippen molar-refractivity contribution in [3.05, 3.63) is 101 Å². The molecule has 0 fully saturated rings. The number of amides is 2. The second-order valence-electron chi connectivity index (χ2n) is 7.45. The maximum atomic E-state index is 13.5. The lowest BCUT2D eigenvalue weighted by molar-refractivity contribution is -0.122. The molecule has 0 aliphatic carbocycles. The van der Waals surface area contributed by atoms with Gasteiger partial charge >= 0.3 is 0 Å². The Morgan fingerprint density at radius 3 is 2.52 bits per heavy atom. The fourth-order valence-corrected chi connectivity index (χ4v) is 3.91. The molecule has 0 bridgehead atoms. The van der Waals surface area contributed by atoms with Crippen LogP contribution in [0.5, 0.6) is 5.75 Å². The average molecular weight is 418 g/mol. The lowest BCUT2D eigenvalue weighted by atomic mass is 10.0. The minimum absolute atomic E-state index is 0.0700. The molecule has 2 amide bonds. The second kappa shape index (κ2) is 9.00. The smallest absolute Gasteiger partial charge is 0.255 e. The maximum absolute atomic E-state index is 13.5. The van der Waals surface area contributed by atoms with E-state index in [1.807, 2.05) is 42.5 Å². The fraction of sp³-hybridized carbons (Fsp3) is 0.200. The molecule has 0 radical (unpaired) electrons. The van der Waals surface area contributed by atoms with E-state index in [0.29, 0.717) is 24.4 Å². The zero-order chi connectivity index (χ0) is 21.8. The minimum atomic E-state index is -0.502. The molecule has 5 nitrogen and oxygen atoms in total. The van der Waals surface area contributed by atoms with Gasteiger partial charge in [0.25, 0.3) is 5.91 Å². The Labute approximate surface area is 180 Å². The number of ether oxygens (including phenoxy) is 1. The van der Waals surface area contributed by atoms with Crippen molar-refractivity contribution in [2.75, 3.05) is 7.11 Å². The molecule has 158 valence electrons. The highest BCUT2D eigenvalue weighted by molar-refractivity contribution is 5.98. The second-order valence-corrected chi connectivity index (χ2v) is 7.45.